The van der Waals surface area contributed by atoms with E-state index < -0.39 is 6.10 Å². The van der Waals surface area contributed by atoms with Crippen LogP contribution in [0.5, 0.6) is 23.0 Å². The number of nitrogens with zero attached hydrogens (tertiary/aromatic N) is 3. The van der Waals surface area contributed by atoms with E-state index in [1.165, 1.54) is 14.2 Å². The Morgan fingerprint density at radius 3 is 2.20 bits per heavy atom. The van der Waals surface area contributed by atoms with Gasteiger partial charge in [0.15, 0.2) is 17.6 Å². The number of hydrogen-bond donors (Lipinski definition) is 4. The highest BCUT2D eigenvalue weighted by Crippen LogP contribution is 2.43. The van der Waals surface area contributed by atoms with E-state index in [1.54, 1.807) is 36.4 Å². The van der Waals surface area contributed by atoms with Gasteiger partial charge in [-0.05, 0) is 59.9 Å². The summed E-state index contributed by atoms with van der Waals surface area (Å²) in [6.07, 6.45) is 4.12. The normalized spacial score (nSPS) is 18.0. The third-order valence-corrected chi connectivity index (χ3v) is 9.11. The number of amides is 1. The summed E-state index contributed by atoms with van der Waals surface area (Å²) in [6, 6.07) is 10.5. The van der Waals surface area contributed by atoms with Crippen molar-refractivity contribution in [3.8, 4) is 23.0 Å². The molecular weight excluding hydrogens is 634 g/mol. The van der Waals surface area contributed by atoms with Gasteiger partial charge in [-0.3, -0.25) is 9.79 Å². The number of aliphatic hydroxyl groups excluding tert-OH is 4. The van der Waals surface area contributed by atoms with E-state index in [9.17, 15) is 25.2 Å². The maximum atomic E-state index is 13.1. The van der Waals surface area contributed by atoms with Crippen molar-refractivity contribution < 1.29 is 49.0 Å². The summed E-state index contributed by atoms with van der Waals surface area (Å²) >= 11 is 0. The number of carbonyl (C=O) groups is 1. The minimum absolute atomic E-state index is 0.00341. The van der Waals surface area contributed by atoms with Crippen LogP contribution in [0.3, 0.4) is 0 Å². The van der Waals surface area contributed by atoms with Gasteiger partial charge >= 0.3 is 0 Å². The lowest BCUT2D eigenvalue weighted by Crippen LogP contribution is -2.35. The van der Waals surface area contributed by atoms with E-state index >= 15 is 0 Å². The van der Waals surface area contributed by atoms with Crippen LogP contribution < -0.4 is 18.9 Å². The summed E-state index contributed by atoms with van der Waals surface area (Å²) in [7, 11) is 3.07. The van der Waals surface area contributed by atoms with Gasteiger partial charge in [0.1, 0.15) is 5.75 Å². The fourth-order valence-corrected chi connectivity index (χ4v) is 6.49. The van der Waals surface area contributed by atoms with Gasteiger partial charge in [-0.25, -0.2) is 0 Å². The summed E-state index contributed by atoms with van der Waals surface area (Å²) in [5.74, 6) is 1.70. The third kappa shape index (κ3) is 6.92. The van der Waals surface area contributed by atoms with Crippen LogP contribution in [0.25, 0.3) is 0 Å². The van der Waals surface area contributed by atoms with Crippen molar-refractivity contribution in [2.24, 2.45) is 10.1 Å². The standard InChI is InChI=1S/C36H41N3O10/c1-45-33-12-22(32-14-29(38-49-32)21-9-23(17-40)28(20-43)24(10-21)18-41)13-34(46-2)35(33)48-8-4-7-47-31-15-30-27(11-25(31)19-42)36(44)39-6-3-5-26(39)16-37-30/h9-13,15-16,26,32,40-43H,3-8,14,17-20H2,1-2H3/t26-,32?/m0/s1. The van der Waals surface area contributed by atoms with E-state index in [4.69, 9.17) is 23.8 Å². The molecule has 2 atom stereocenters. The summed E-state index contributed by atoms with van der Waals surface area (Å²) in [5, 5.41) is 43.6. The number of oxime groups is 1. The van der Waals surface area contributed by atoms with Crippen LogP contribution in [0.2, 0.25) is 0 Å². The summed E-state index contributed by atoms with van der Waals surface area (Å²) < 4.78 is 23.4. The number of aliphatic hydroxyl groups is 4. The van der Waals surface area contributed by atoms with Gasteiger partial charge in [-0.1, -0.05) is 5.16 Å². The minimum Gasteiger partial charge on any atom is -0.493 e. The molecule has 1 unspecified atom stereocenters. The largest absolute Gasteiger partial charge is 0.493 e. The zero-order valence-corrected chi connectivity index (χ0v) is 27.6. The number of aliphatic imine (C=N–C) groups is 1. The van der Waals surface area contributed by atoms with Gasteiger partial charge in [0.05, 0.1) is 76.9 Å². The van der Waals surface area contributed by atoms with Crippen LogP contribution in [0, 0.1) is 0 Å². The topological polar surface area (TPSA) is 172 Å². The summed E-state index contributed by atoms with van der Waals surface area (Å²) in [6.45, 7) is 0.110. The molecule has 49 heavy (non-hydrogen) atoms. The Labute approximate surface area is 284 Å². The zero-order valence-electron chi connectivity index (χ0n) is 27.6. The molecule has 1 saturated heterocycles. The molecule has 1 fully saturated rings. The molecule has 0 bridgehead atoms. The average Bonchev–Trinajstić information content (AvgIpc) is 3.81. The fraction of sp³-hybridized carbons (Fsp3) is 0.417. The lowest BCUT2D eigenvalue weighted by molar-refractivity contribution is 0.0774. The van der Waals surface area contributed by atoms with Crippen LogP contribution in [-0.4, -0.2) is 83.2 Å². The lowest BCUT2D eigenvalue weighted by Gasteiger charge is -2.20. The number of ether oxygens (including phenoxy) is 4. The molecule has 13 nitrogen and oxygen atoms in total. The Morgan fingerprint density at radius 1 is 0.857 bits per heavy atom. The van der Waals surface area contributed by atoms with Crippen LogP contribution in [0.4, 0.5) is 5.69 Å². The maximum Gasteiger partial charge on any atom is 0.256 e. The van der Waals surface area contributed by atoms with Crippen molar-refractivity contribution >= 4 is 23.5 Å². The average molecular weight is 676 g/mol. The van der Waals surface area contributed by atoms with E-state index in [2.05, 4.69) is 10.1 Å². The van der Waals surface area contributed by atoms with E-state index in [0.717, 1.165) is 18.4 Å². The number of rotatable bonds is 14. The van der Waals surface area contributed by atoms with Gasteiger partial charge in [0.2, 0.25) is 5.75 Å². The third-order valence-electron chi connectivity index (χ3n) is 9.11. The molecule has 3 aliphatic heterocycles. The molecule has 0 saturated carbocycles. The molecule has 3 heterocycles. The molecule has 4 N–H and O–H groups in total. The molecule has 0 aromatic heterocycles. The van der Waals surface area contributed by atoms with Crippen molar-refractivity contribution in [2.75, 3.05) is 34.0 Å². The number of fused-ring (bicyclic) bond motifs is 2. The predicted octanol–water partition coefficient (Wildman–Crippen LogP) is 3.71. The zero-order chi connectivity index (χ0) is 34.5. The molecule has 0 aliphatic carbocycles. The van der Waals surface area contributed by atoms with Gasteiger partial charge in [-0.15, -0.1) is 0 Å². The second kappa shape index (κ2) is 15.2. The van der Waals surface area contributed by atoms with Crippen molar-refractivity contribution in [3.05, 3.63) is 75.3 Å². The second-order valence-electron chi connectivity index (χ2n) is 12.0. The number of benzene rings is 3. The SMILES string of the molecule is COc1cc(C2CC(c3cc(CO)c(CO)c(CO)c3)=NO2)cc(OC)c1OCCCOc1cc2c(cc1CO)C(=O)N1CCC[C@H]1C=N2. The fourth-order valence-electron chi connectivity index (χ4n) is 6.49. The first-order chi connectivity index (χ1) is 23.9. The molecule has 3 aromatic carbocycles. The maximum absolute atomic E-state index is 13.1. The monoisotopic (exact) mass is 675 g/mol. The second-order valence-corrected chi connectivity index (χ2v) is 12.0. The van der Waals surface area contributed by atoms with E-state index in [1.807, 2.05) is 11.1 Å². The number of methoxy groups -OCH3 is 2. The minimum atomic E-state index is -0.453. The molecule has 0 radical (unpaired) electrons. The summed E-state index contributed by atoms with van der Waals surface area (Å²) in [5.41, 5.74) is 5.13. The summed E-state index contributed by atoms with van der Waals surface area (Å²) in [4.78, 5) is 25.3. The van der Waals surface area contributed by atoms with Gasteiger partial charge in [0, 0.05) is 48.4 Å². The first-order valence-corrected chi connectivity index (χ1v) is 16.3. The Balaban J connectivity index is 1.09. The Kier molecular flexibility index (Phi) is 10.6. The van der Waals surface area contributed by atoms with E-state index in [0.29, 0.717) is 87.2 Å². The molecule has 1 amide bonds. The molecule has 6 rings (SSSR count). The first kappa shape index (κ1) is 34.2. The number of hydrogen-bond acceptors (Lipinski definition) is 12. The van der Waals surface area contributed by atoms with Gasteiger partial charge in [0.25, 0.3) is 5.91 Å². The Hall–Kier alpha value is -4.69. The highest BCUT2D eigenvalue weighted by Gasteiger charge is 2.32. The Morgan fingerprint density at radius 2 is 1.55 bits per heavy atom. The Bertz CT molecular complexity index is 1710. The number of carbonyl (C=O) groups excluding carboxylic acids is 1. The van der Waals surface area contributed by atoms with Crippen LogP contribution in [0.15, 0.2) is 46.5 Å². The lowest BCUT2D eigenvalue weighted by atomic mass is 9.93. The van der Waals surface area contributed by atoms with Crippen molar-refractivity contribution in [1.82, 2.24) is 4.90 Å². The predicted molar refractivity (Wildman–Crippen MR) is 179 cm³/mol. The molecule has 13 heteroatoms. The van der Waals surface area contributed by atoms with Crippen molar-refractivity contribution in [3.63, 3.8) is 0 Å². The molecular formula is C36H41N3O10. The van der Waals surface area contributed by atoms with Crippen LogP contribution >= 0.6 is 0 Å². The van der Waals surface area contributed by atoms with Crippen molar-refractivity contribution in [2.45, 2.75) is 64.3 Å². The van der Waals surface area contributed by atoms with Gasteiger partial charge < -0.3 is 49.1 Å². The van der Waals surface area contributed by atoms with Crippen molar-refractivity contribution in [1.29, 1.82) is 0 Å². The molecule has 3 aliphatic rings. The highest BCUT2D eigenvalue weighted by atomic mass is 16.6. The smallest absolute Gasteiger partial charge is 0.256 e. The van der Waals surface area contributed by atoms with Gasteiger partial charge in [-0.2, -0.15) is 0 Å². The van der Waals surface area contributed by atoms with Crippen LogP contribution in [0.1, 0.15) is 75.5 Å². The molecule has 3 aromatic rings. The molecule has 0 spiro atoms. The quantitative estimate of drug-likeness (QED) is 0.185. The highest BCUT2D eigenvalue weighted by molar-refractivity contribution is 6.03. The molecule has 260 valence electrons. The van der Waals surface area contributed by atoms with Crippen LogP contribution in [-0.2, 0) is 31.3 Å². The first-order valence-electron chi connectivity index (χ1n) is 16.3. The van der Waals surface area contributed by atoms with E-state index in [-0.39, 0.29) is 51.6 Å².